The van der Waals surface area contributed by atoms with Gasteiger partial charge in [0.05, 0.1) is 5.69 Å². The molecule has 2 rings (SSSR count). The summed E-state index contributed by atoms with van der Waals surface area (Å²) in [6, 6.07) is 0. The molecule has 2 heterocycles. The van der Waals surface area contributed by atoms with Crippen molar-refractivity contribution in [3.63, 3.8) is 0 Å². The van der Waals surface area contributed by atoms with Crippen molar-refractivity contribution in [2.75, 3.05) is 24.5 Å². The third-order valence-electron chi connectivity index (χ3n) is 3.11. The van der Waals surface area contributed by atoms with Crippen LogP contribution in [0, 0.1) is 5.92 Å². The first kappa shape index (κ1) is 12.3. The van der Waals surface area contributed by atoms with Crippen LogP contribution >= 0.6 is 11.3 Å². The highest BCUT2D eigenvalue weighted by atomic mass is 32.1. The highest BCUT2D eigenvalue weighted by Crippen LogP contribution is 2.26. The molecule has 1 aromatic rings. The molecule has 0 aliphatic carbocycles. The molecular formula is C11H18N4OS. The van der Waals surface area contributed by atoms with E-state index in [4.69, 9.17) is 11.5 Å². The molecule has 0 radical (unpaired) electrons. The van der Waals surface area contributed by atoms with Crippen LogP contribution in [0.15, 0.2) is 5.38 Å². The van der Waals surface area contributed by atoms with Gasteiger partial charge in [-0.3, -0.25) is 4.79 Å². The van der Waals surface area contributed by atoms with Gasteiger partial charge in [0.2, 0.25) is 5.91 Å². The van der Waals surface area contributed by atoms with Gasteiger partial charge in [0.1, 0.15) is 0 Å². The molecule has 0 aromatic carbocycles. The van der Waals surface area contributed by atoms with E-state index in [0.717, 1.165) is 43.2 Å². The maximum absolute atomic E-state index is 11.1. The molecule has 1 amide bonds. The normalized spacial score (nSPS) is 17.4. The number of hydrogen-bond acceptors (Lipinski definition) is 5. The van der Waals surface area contributed by atoms with Crippen molar-refractivity contribution in [1.82, 2.24) is 4.98 Å². The van der Waals surface area contributed by atoms with E-state index in [1.807, 2.05) is 0 Å². The number of primary amides is 1. The van der Waals surface area contributed by atoms with Crippen LogP contribution in [0.25, 0.3) is 0 Å². The van der Waals surface area contributed by atoms with E-state index in [1.165, 1.54) is 0 Å². The van der Waals surface area contributed by atoms with Gasteiger partial charge in [-0.05, 0) is 19.4 Å². The summed E-state index contributed by atoms with van der Waals surface area (Å²) in [4.78, 5) is 17.8. The monoisotopic (exact) mass is 254 g/mol. The van der Waals surface area contributed by atoms with Crippen LogP contribution in [0.1, 0.15) is 18.5 Å². The van der Waals surface area contributed by atoms with E-state index in [9.17, 15) is 4.79 Å². The fourth-order valence-corrected chi connectivity index (χ4v) is 2.97. The molecule has 0 saturated carbocycles. The van der Waals surface area contributed by atoms with Crippen LogP contribution in [0.4, 0.5) is 5.13 Å². The van der Waals surface area contributed by atoms with E-state index in [-0.39, 0.29) is 11.8 Å². The van der Waals surface area contributed by atoms with Crippen molar-refractivity contribution in [3.8, 4) is 0 Å². The van der Waals surface area contributed by atoms with Gasteiger partial charge >= 0.3 is 0 Å². The number of amides is 1. The maximum Gasteiger partial charge on any atom is 0.220 e. The van der Waals surface area contributed by atoms with Crippen LogP contribution in [0.3, 0.4) is 0 Å². The fourth-order valence-electron chi connectivity index (χ4n) is 2.06. The fraction of sp³-hybridized carbons (Fsp3) is 0.636. The molecule has 0 unspecified atom stereocenters. The molecule has 94 valence electrons. The lowest BCUT2D eigenvalue weighted by Gasteiger charge is -2.30. The molecule has 5 nitrogen and oxygen atoms in total. The number of hydrogen-bond donors (Lipinski definition) is 2. The van der Waals surface area contributed by atoms with E-state index in [0.29, 0.717) is 6.54 Å². The Morgan fingerprint density at radius 1 is 1.53 bits per heavy atom. The minimum atomic E-state index is -0.174. The molecule has 0 bridgehead atoms. The summed E-state index contributed by atoms with van der Waals surface area (Å²) >= 11 is 1.65. The number of carbonyl (C=O) groups is 1. The molecular weight excluding hydrogens is 236 g/mol. The van der Waals surface area contributed by atoms with Gasteiger partial charge in [-0.25, -0.2) is 4.98 Å². The van der Waals surface area contributed by atoms with Crippen molar-refractivity contribution in [3.05, 3.63) is 11.1 Å². The van der Waals surface area contributed by atoms with Crippen molar-refractivity contribution >= 4 is 22.4 Å². The number of piperidine rings is 1. The van der Waals surface area contributed by atoms with E-state index in [1.54, 1.807) is 11.3 Å². The lowest BCUT2D eigenvalue weighted by atomic mass is 9.97. The number of rotatable bonds is 4. The summed E-state index contributed by atoms with van der Waals surface area (Å²) in [6.45, 7) is 2.36. The zero-order valence-corrected chi connectivity index (χ0v) is 10.6. The van der Waals surface area contributed by atoms with Crippen LogP contribution in [0.5, 0.6) is 0 Å². The van der Waals surface area contributed by atoms with E-state index >= 15 is 0 Å². The van der Waals surface area contributed by atoms with E-state index < -0.39 is 0 Å². The predicted octanol–water partition coefficient (Wildman–Crippen LogP) is 0.346. The Labute approximate surface area is 105 Å². The molecule has 17 heavy (non-hydrogen) atoms. The van der Waals surface area contributed by atoms with Crippen LogP contribution in [-0.2, 0) is 11.2 Å². The maximum atomic E-state index is 11.1. The molecule has 1 saturated heterocycles. The molecule has 1 aromatic heterocycles. The SMILES string of the molecule is NCCc1csc(N2CCC(C(N)=O)CC2)n1. The molecule has 0 spiro atoms. The van der Waals surface area contributed by atoms with Gasteiger partial charge in [-0.1, -0.05) is 0 Å². The van der Waals surface area contributed by atoms with Crippen LogP contribution in [0.2, 0.25) is 0 Å². The van der Waals surface area contributed by atoms with Gasteiger partial charge in [0.25, 0.3) is 0 Å². The highest BCUT2D eigenvalue weighted by molar-refractivity contribution is 7.13. The number of nitrogens with two attached hydrogens (primary N) is 2. The quantitative estimate of drug-likeness (QED) is 0.811. The largest absolute Gasteiger partial charge is 0.369 e. The highest BCUT2D eigenvalue weighted by Gasteiger charge is 2.24. The standard InChI is InChI=1S/C11H18N4OS/c12-4-1-9-7-17-11(14-9)15-5-2-8(3-6-15)10(13)16/h7-8H,1-6,12H2,(H2,13,16). The third kappa shape index (κ3) is 2.95. The summed E-state index contributed by atoms with van der Waals surface area (Å²) < 4.78 is 0. The second-order valence-corrected chi connectivity index (χ2v) is 5.16. The second kappa shape index (κ2) is 5.46. The Morgan fingerprint density at radius 2 is 2.24 bits per heavy atom. The average Bonchev–Trinajstić information content (AvgIpc) is 2.78. The third-order valence-corrected chi connectivity index (χ3v) is 4.06. The molecule has 1 aliphatic rings. The Morgan fingerprint density at radius 3 is 2.82 bits per heavy atom. The number of anilines is 1. The van der Waals surface area contributed by atoms with Crippen molar-refractivity contribution < 1.29 is 4.79 Å². The molecule has 4 N–H and O–H groups in total. The number of aromatic nitrogens is 1. The summed E-state index contributed by atoms with van der Waals surface area (Å²) in [6.07, 6.45) is 2.50. The first-order valence-corrected chi connectivity index (χ1v) is 6.77. The summed E-state index contributed by atoms with van der Waals surface area (Å²) in [7, 11) is 0. The van der Waals surface area contributed by atoms with Crippen molar-refractivity contribution in [2.45, 2.75) is 19.3 Å². The minimum absolute atomic E-state index is 0.0368. The Kier molecular flexibility index (Phi) is 3.96. The lowest BCUT2D eigenvalue weighted by molar-refractivity contribution is -0.122. The van der Waals surface area contributed by atoms with Crippen LogP contribution in [-0.4, -0.2) is 30.5 Å². The molecule has 1 fully saturated rings. The number of carbonyl (C=O) groups excluding carboxylic acids is 1. The summed E-state index contributed by atoms with van der Waals surface area (Å²) in [5.41, 5.74) is 11.9. The van der Waals surface area contributed by atoms with E-state index in [2.05, 4.69) is 15.3 Å². The molecule has 1 aliphatic heterocycles. The summed E-state index contributed by atoms with van der Waals surface area (Å²) in [5.74, 6) is -0.137. The smallest absolute Gasteiger partial charge is 0.220 e. The molecule has 6 heteroatoms. The van der Waals surface area contributed by atoms with Gasteiger partial charge in [-0.15, -0.1) is 11.3 Å². The first-order valence-electron chi connectivity index (χ1n) is 5.89. The van der Waals surface area contributed by atoms with Gasteiger partial charge < -0.3 is 16.4 Å². The predicted molar refractivity (Wildman–Crippen MR) is 69.0 cm³/mol. The average molecular weight is 254 g/mol. The van der Waals surface area contributed by atoms with Crippen LogP contribution < -0.4 is 16.4 Å². The van der Waals surface area contributed by atoms with Gasteiger partial charge in [0.15, 0.2) is 5.13 Å². The van der Waals surface area contributed by atoms with Gasteiger partial charge in [0, 0.05) is 30.8 Å². The summed E-state index contributed by atoms with van der Waals surface area (Å²) in [5, 5.41) is 3.10. The van der Waals surface area contributed by atoms with Gasteiger partial charge in [-0.2, -0.15) is 0 Å². The zero-order valence-electron chi connectivity index (χ0n) is 9.76. The van der Waals surface area contributed by atoms with Crippen molar-refractivity contribution in [2.24, 2.45) is 17.4 Å². The Balaban J connectivity index is 1.93. The van der Waals surface area contributed by atoms with Crippen molar-refractivity contribution in [1.29, 1.82) is 0 Å². The zero-order chi connectivity index (χ0) is 12.3. The minimum Gasteiger partial charge on any atom is -0.369 e. The molecule has 0 atom stereocenters. The number of nitrogens with zero attached hydrogens (tertiary/aromatic N) is 2. The first-order chi connectivity index (χ1) is 8.20. The lowest BCUT2D eigenvalue weighted by Crippen LogP contribution is -2.38. The number of thiazole rings is 1. The Bertz CT molecular complexity index is 385. The topological polar surface area (TPSA) is 85.2 Å². The Hall–Kier alpha value is -1.14. The second-order valence-electron chi connectivity index (χ2n) is 4.32.